The molecule has 1 unspecified atom stereocenters. The van der Waals surface area contributed by atoms with Gasteiger partial charge in [-0.05, 0) is 31.2 Å². The summed E-state index contributed by atoms with van der Waals surface area (Å²) in [5.41, 5.74) is 0.615. The molecule has 0 bridgehead atoms. The van der Waals surface area contributed by atoms with E-state index in [0.717, 1.165) is 0 Å². The van der Waals surface area contributed by atoms with Gasteiger partial charge in [-0.3, -0.25) is 4.68 Å². The Morgan fingerprint density at radius 1 is 1.35 bits per heavy atom. The van der Waals surface area contributed by atoms with E-state index in [4.69, 9.17) is 21.1 Å². The predicted molar refractivity (Wildman–Crippen MR) is 76.4 cm³/mol. The molecule has 0 aliphatic rings. The van der Waals surface area contributed by atoms with E-state index in [1.54, 1.807) is 42.3 Å². The van der Waals surface area contributed by atoms with Crippen LogP contribution in [0.25, 0.3) is 0 Å². The van der Waals surface area contributed by atoms with Gasteiger partial charge in [0.25, 0.3) is 0 Å². The lowest BCUT2D eigenvalue weighted by atomic mass is 10.2. The fourth-order valence-electron chi connectivity index (χ4n) is 1.91. The van der Waals surface area contributed by atoms with Crippen LogP contribution in [0.3, 0.4) is 0 Å². The zero-order valence-electron chi connectivity index (χ0n) is 11.4. The second kappa shape index (κ2) is 6.63. The highest BCUT2D eigenvalue weighted by Crippen LogP contribution is 2.26. The van der Waals surface area contributed by atoms with Gasteiger partial charge in [0, 0.05) is 11.6 Å². The van der Waals surface area contributed by atoms with Gasteiger partial charge in [0.15, 0.2) is 5.75 Å². The van der Waals surface area contributed by atoms with Crippen LogP contribution >= 0.6 is 11.6 Å². The predicted octanol–water partition coefficient (Wildman–Crippen LogP) is 2.68. The number of aliphatic hydroxyl groups is 1. The number of hydrogen-bond acceptors (Lipinski definition) is 4. The zero-order chi connectivity index (χ0) is 14.5. The van der Waals surface area contributed by atoms with E-state index in [2.05, 4.69) is 5.10 Å². The normalized spacial score (nSPS) is 12.2. The van der Waals surface area contributed by atoms with Crippen LogP contribution < -0.4 is 9.47 Å². The van der Waals surface area contributed by atoms with E-state index in [1.807, 2.05) is 6.92 Å². The van der Waals surface area contributed by atoms with Gasteiger partial charge in [0.05, 0.1) is 13.3 Å². The summed E-state index contributed by atoms with van der Waals surface area (Å²) < 4.78 is 12.4. The van der Waals surface area contributed by atoms with Crippen molar-refractivity contribution in [3.05, 3.63) is 41.2 Å². The summed E-state index contributed by atoms with van der Waals surface area (Å²) >= 11 is 5.80. The average Bonchev–Trinajstić information content (AvgIpc) is 2.89. The first-order chi connectivity index (χ1) is 9.65. The maximum atomic E-state index is 10.3. The van der Waals surface area contributed by atoms with Crippen LogP contribution in [0.5, 0.6) is 11.5 Å². The van der Waals surface area contributed by atoms with Crippen LogP contribution in [-0.2, 0) is 6.54 Å². The van der Waals surface area contributed by atoms with E-state index in [-0.39, 0.29) is 6.61 Å². The van der Waals surface area contributed by atoms with E-state index in [1.165, 1.54) is 0 Å². The smallest absolute Gasteiger partial charge is 0.162 e. The van der Waals surface area contributed by atoms with Crippen molar-refractivity contribution in [2.45, 2.75) is 19.6 Å². The number of methoxy groups -OCH3 is 1. The molecule has 5 nitrogen and oxygen atoms in total. The molecular weight excluding hydrogens is 280 g/mol. The lowest BCUT2D eigenvalue weighted by molar-refractivity contribution is 0.0977. The van der Waals surface area contributed by atoms with Crippen LogP contribution in [0.4, 0.5) is 0 Å². The number of rotatable bonds is 6. The summed E-state index contributed by atoms with van der Waals surface area (Å²) in [7, 11) is 1.55. The summed E-state index contributed by atoms with van der Waals surface area (Å²) in [6, 6.07) is 6.98. The molecule has 0 saturated heterocycles. The average molecular weight is 297 g/mol. The van der Waals surface area contributed by atoms with Crippen LogP contribution in [-0.4, -0.2) is 28.6 Å². The second-order valence-electron chi connectivity index (χ2n) is 4.19. The van der Waals surface area contributed by atoms with Crippen molar-refractivity contribution in [2.75, 3.05) is 13.7 Å². The molecule has 1 aromatic heterocycles. The minimum atomic E-state index is -0.817. The summed E-state index contributed by atoms with van der Waals surface area (Å²) in [4.78, 5) is 0. The molecule has 2 aromatic rings. The molecule has 0 radical (unpaired) electrons. The Labute approximate surface area is 122 Å². The van der Waals surface area contributed by atoms with Gasteiger partial charge in [-0.15, -0.1) is 0 Å². The quantitative estimate of drug-likeness (QED) is 0.890. The highest BCUT2D eigenvalue weighted by molar-refractivity contribution is 6.30. The molecule has 0 spiro atoms. The molecule has 0 aliphatic carbocycles. The Kier molecular flexibility index (Phi) is 4.87. The van der Waals surface area contributed by atoms with Crippen molar-refractivity contribution in [1.82, 2.24) is 9.78 Å². The molecule has 1 heterocycles. The molecular formula is C14H17ClN2O3. The van der Waals surface area contributed by atoms with Crippen molar-refractivity contribution in [2.24, 2.45) is 0 Å². The minimum absolute atomic E-state index is 0.115. The molecule has 0 aliphatic heterocycles. The van der Waals surface area contributed by atoms with Gasteiger partial charge in [-0.1, -0.05) is 11.6 Å². The minimum Gasteiger partial charge on any atom is -0.493 e. The third-order valence-electron chi connectivity index (χ3n) is 2.90. The van der Waals surface area contributed by atoms with Gasteiger partial charge in [-0.25, -0.2) is 0 Å². The lowest BCUT2D eigenvalue weighted by Gasteiger charge is -2.15. The number of aryl methyl sites for hydroxylation is 1. The summed E-state index contributed by atoms with van der Waals surface area (Å²) in [5, 5.41) is 15.1. The van der Waals surface area contributed by atoms with Crippen molar-refractivity contribution < 1.29 is 14.6 Å². The van der Waals surface area contributed by atoms with Crippen molar-refractivity contribution >= 4 is 11.6 Å². The van der Waals surface area contributed by atoms with Gasteiger partial charge < -0.3 is 14.6 Å². The van der Waals surface area contributed by atoms with Gasteiger partial charge in [0.1, 0.15) is 24.2 Å². The molecule has 0 amide bonds. The van der Waals surface area contributed by atoms with Crippen LogP contribution in [0, 0.1) is 0 Å². The van der Waals surface area contributed by atoms with E-state index in [0.29, 0.717) is 28.8 Å². The van der Waals surface area contributed by atoms with Crippen molar-refractivity contribution in [1.29, 1.82) is 0 Å². The fourth-order valence-corrected chi connectivity index (χ4v) is 2.03. The van der Waals surface area contributed by atoms with Gasteiger partial charge in [0.2, 0.25) is 0 Å². The third kappa shape index (κ3) is 3.23. The van der Waals surface area contributed by atoms with E-state index in [9.17, 15) is 5.11 Å². The van der Waals surface area contributed by atoms with Crippen molar-refractivity contribution in [3.63, 3.8) is 0 Å². The topological polar surface area (TPSA) is 56.5 Å². The largest absolute Gasteiger partial charge is 0.493 e. The Balaban J connectivity index is 2.06. The molecule has 1 aromatic carbocycles. The molecule has 1 atom stereocenters. The Morgan fingerprint density at radius 3 is 2.65 bits per heavy atom. The standard InChI is InChI=1S/C14H17ClN2O3/c1-3-17-14(13(19-2)8-16-17)12(18)9-20-11-6-4-10(15)5-7-11/h4-8,12,18H,3,9H2,1-2H3. The summed E-state index contributed by atoms with van der Waals surface area (Å²) in [6.45, 7) is 2.71. The molecule has 2 rings (SSSR count). The first kappa shape index (κ1) is 14.7. The molecule has 108 valence electrons. The fraction of sp³-hybridized carbons (Fsp3) is 0.357. The molecule has 0 saturated carbocycles. The van der Waals surface area contributed by atoms with Crippen LogP contribution in [0.1, 0.15) is 18.7 Å². The molecule has 1 N–H and O–H groups in total. The number of hydrogen-bond donors (Lipinski definition) is 1. The first-order valence-electron chi connectivity index (χ1n) is 6.31. The van der Waals surface area contributed by atoms with E-state index >= 15 is 0 Å². The number of ether oxygens (including phenoxy) is 2. The molecule has 20 heavy (non-hydrogen) atoms. The third-order valence-corrected chi connectivity index (χ3v) is 3.15. The van der Waals surface area contributed by atoms with Gasteiger partial charge >= 0.3 is 0 Å². The highest BCUT2D eigenvalue weighted by Gasteiger charge is 2.20. The Morgan fingerprint density at radius 2 is 2.05 bits per heavy atom. The van der Waals surface area contributed by atoms with Crippen molar-refractivity contribution in [3.8, 4) is 11.5 Å². The number of aliphatic hydroxyl groups excluding tert-OH is 1. The number of aromatic nitrogens is 2. The maximum Gasteiger partial charge on any atom is 0.162 e. The number of nitrogens with zero attached hydrogens (tertiary/aromatic N) is 2. The monoisotopic (exact) mass is 296 g/mol. The highest BCUT2D eigenvalue weighted by atomic mass is 35.5. The van der Waals surface area contributed by atoms with Gasteiger partial charge in [-0.2, -0.15) is 5.10 Å². The number of benzene rings is 1. The second-order valence-corrected chi connectivity index (χ2v) is 4.63. The van der Waals surface area contributed by atoms with E-state index < -0.39 is 6.10 Å². The lowest BCUT2D eigenvalue weighted by Crippen LogP contribution is -2.15. The Hall–Kier alpha value is -1.72. The Bertz CT molecular complexity index is 533. The molecule has 6 heteroatoms. The molecule has 0 fully saturated rings. The first-order valence-corrected chi connectivity index (χ1v) is 6.69. The van der Waals surface area contributed by atoms with Crippen LogP contribution in [0.15, 0.2) is 30.5 Å². The SMILES string of the molecule is CCn1ncc(OC)c1C(O)COc1ccc(Cl)cc1. The maximum absolute atomic E-state index is 10.3. The van der Waals surface area contributed by atoms with Crippen LogP contribution in [0.2, 0.25) is 5.02 Å². The summed E-state index contributed by atoms with van der Waals surface area (Å²) in [6.07, 6.45) is 0.771. The number of halogens is 1. The zero-order valence-corrected chi connectivity index (χ0v) is 12.2. The summed E-state index contributed by atoms with van der Waals surface area (Å²) in [5.74, 6) is 1.20.